The maximum absolute atomic E-state index is 6.06. The Morgan fingerprint density at radius 3 is 2.62 bits per heavy atom. The zero-order valence-electron chi connectivity index (χ0n) is 9.32. The number of halogens is 1. The molecule has 0 radical (unpaired) electrons. The van der Waals surface area contributed by atoms with E-state index in [0.29, 0.717) is 6.04 Å². The molecule has 1 aromatic carbocycles. The van der Waals surface area contributed by atoms with Gasteiger partial charge in [-0.1, -0.05) is 11.6 Å². The standard InChI is InChI=1S/C13H17ClN2/c14-10-3-6-12(15)13(7-10)16(11-4-5-11)8-9-1-2-9/h3,6-7,9,11H,1-2,4-5,8,15H2. The van der Waals surface area contributed by atoms with Crippen molar-refractivity contribution in [3.05, 3.63) is 23.2 Å². The molecule has 0 saturated heterocycles. The van der Waals surface area contributed by atoms with Crippen LogP contribution in [0.5, 0.6) is 0 Å². The van der Waals surface area contributed by atoms with Gasteiger partial charge >= 0.3 is 0 Å². The minimum Gasteiger partial charge on any atom is -0.397 e. The molecule has 3 rings (SSSR count). The first-order valence-electron chi connectivity index (χ1n) is 6.05. The summed E-state index contributed by atoms with van der Waals surface area (Å²) >= 11 is 6.06. The number of benzene rings is 1. The summed E-state index contributed by atoms with van der Waals surface area (Å²) in [4.78, 5) is 2.47. The van der Waals surface area contributed by atoms with Crippen molar-refractivity contribution in [3.63, 3.8) is 0 Å². The van der Waals surface area contributed by atoms with Crippen LogP contribution in [0.3, 0.4) is 0 Å². The first kappa shape index (κ1) is 10.3. The number of nitrogen functional groups attached to an aromatic ring is 1. The predicted octanol–water partition coefficient (Wildman–Crippen LogP) is 3.30. The maximum atomic E-state index is 6.06. The fraction of sp³-hybridized carbons (Fsp3) is 0.538. The molecular formula is C13H17ClN2. The lowest BCUT2D eigenvalue weighted by Crippen LogP contribution is -2.28. The quantitative estimate of drug-likeness (QED) is 0.813. The smallest absolute Gasteiger partial charge is 0.0617 e. The Hall–Kier alpha value is -0.890. The summed E-state index contributed by atoms with van der Waals surface area (Å²) in [6, 6.07) is 6.50. The molecule has 0 bridgehead atoms. The average molecular weight is 237 g/mol. The minimum absolute atomic E-state index is 0.710. The minimum atomic E-state index is 0.710. The molecule has 1 aromatic rings. The van der Waals surface area contributed by atoms with Crippen LogP contribution in [0.4, 0.5) is 11.4 Å². The molecule has 2 aliphatic carbocycles. The van der Waals surface area contributed by atoms with Gasteiger partial charge in [-0.15, -0.1) is 0 Å². The van der Waals surface area contributed by atoms with Gasteiger partial charge in [-0.05, 0) is 49.8 Å². The molecule has 3 heteroatoms. The number of hydrogen-bond acceptors (Lipinski definition) is 2. The van der Waals surface area contributed by atoms with E-state index in [0.717, 1.165) is 28.9 Å². The van der Waals surface area contributed by atoms with Gasteiger partial charge in [-0.25, -0.2) is 0 Å². The van der Waals surface area contributed by atoms with Crippen LogP contribution in [0, 0.1) is 5.92 Å². The van der Waals surface area contributed by atoms with Gasteiger partial charge in [0, 0.05) is 17.6 Å². The normalized spacial score (nSPS) is 19.8. The molecule has 2 N–H and O–H groups in total. The van der Waals surface area contributed by atoms with E-state index in [4.69, 9.17) is 17.3 Å². The topological polar surface area (TPSA) is 29.3 Å². The molecular weight excluding hydrogens is 220 g/mol. The van der Waals surface area contributed by atoms with Crippen molar-refractivity contribution in [3.8, 4) is 0 Å². The highest BCUT2D eigenvalue weighted by Crippen LogP contribution is 2.40. The van der Waals surface area contributed by atoms with Crippen LogP contribution in [-0.2, 0) is 0 Å². The Labute approximate surface area is 101 Å². The number of rotatable bonds is 4. The lowest BCUT2D eigenvalue weighted by molar-refractivity contribution is 0.720. The zero-order valence-corrected chi connectivity index (χ0v) is 10.1. The summed E-state index contributed by atoms with van der Waals surface area (Å²) in [7, 11) is 0. The van der Waals surface area contributed by atoms with E-state index >= 15 is 0 Å². The predicted molar refractivity (Wildman–Crippen MR) is 69.0 cm³/mol. The highest BCUT2D eigenvalue weighted by atomic mass is 35.5. The lowest BCUT2D eigenvalue weighted by Gasteiger charge is -2.26. The highest BCUT2D eigenvalue weighted by molar-refractivity contribution is 6.31. The second-order valence-corrected chi connectivity index (χ2v) is 5.47. The van der Waals surface area contributed by atoms with Crippen LogP contribution in [0.15, 0.2) is 18.2 Å². The molecule has 2 saturated carbocycles. The summed E-state index contributed by atoms with van der Waals surface area (Å²) in [5.41, 5.74) is 8.05. The SMILES string of the molecule is Nc1ccc(Cl)cc1N(CC1CC1)C1CC1. The van der Waals surface area contributed by atoms with E-state index in [1.54, 1.807) is 0 Å². The molecule has 86 valence electrons. The highest BCUT2D eigenvalue weighted by Gasteiger charge is 2.34. The van der Waals surface area contributed by atoms with E-state index in [1.165, 1.54) is 25.7 Å². The van der Waals surface area contributed by atoms with Crippen molar-refractivity contribution in [2.75, 3.05) is 17.2 Å². The van der Waals surface area contributed by atoms with Gasteiger partial charge in [0.25, 0.3) is 0 Å². The van der Waals surface area contributed by atoms with Crippen molar-refractivity contribution in [2.45, 2.75) is 31.7 Å². The van der Waals surface area contributed by atoms with Crippen LogP contribution in [0.25, 0.3) is 0 Å². The lowest BCUT2D eigenvalue weighted by atomic mass is 10.2. The third-order valence-electron chi connectivity index (χ3n) is 3.44. The summed E-state index contributed by atoms with van der Waals surface area (Å²) in [5, 5.41) is 0.783. The Bertz CT molecular complexity index is 397. The van der Waals surface area contributed by atoms with Crippen molar-refractivity contribution in [1.82, 2.24) is 0 Å². The molecule has 2 fully saturated rings. The van der Waals surface area contributed by atoms with Gasteiger partial charge in [-0.2, -0.15) is 0 Å². The number of hydrogen-bond donors (Lipinski definition) is 1. The Kier molecular flexibility index (Phi) is 2.47. The van der Waals surface area contributed by atoms with Crippen molar-refractivity contribution in [2.24, 2.45) is 5.92 Å². The van der Waals surface area contributed by atoms with Crippen LogP contribution in [-0.4, -0.2) is 12.6 Å². The van der Waals surface area contributed by atoms with Gasteiger partial charge in [0.2, 0.25) is 0 Å². The van der Waals surface area contributed by atoms with Crippen LogP contribution in [0.1, 0.15) is 25.7 Å². The summed E-state index contributed by atoms with van der Waals surface area (Å²) < 4.78 is 0. The molecule has 0 heterocycles. The second-order valence-electron chi connectivity index (χ2n) is 5.03. The first-order chi connectivity index (χ1) is 7.74. The fourth-order valence-electron chi connectivity index (χ4n) is 2.17. The average Bonchev–Trinajstić information content (AvgIpc) is 3.12. The molecule has 0 aliphatic heterocycles. The molecule has 0 amide bonds. The van der Waals surface area contributed by atoms with Gasteiger partial charge < -0.3 is 10.6 Å². The zero-order chi connectivity index (χ0) is 11.1. The number of anilines is 2. The van der Waals surface area contributed by atoms with Crippen molar-refractivity contribution >= 4 is 23.0 Å². The van der Waals surface area contributed by atoms with Gasteiger partial charge in [-0.3, -0.25) is 0 Å². The van der Waals surface area contributed by atoms with Gasteiger partial charge in [0.1, 0.15) is 0 Å². The number of nitrogens with zero attached hydrogens (tertiary/aromatic N) is 1. The number of nitrogens with two attached hydrogens (primary N) is 1. The molecule has 2 nitrogen and oxygen atoms in total. The third kappa shape index (κ3) is 2.12. The Balaban J connectivity index is 1.87. The van der Waals surface area contributed by atoms with Gasteiger partial charge in [0.05, 0.1) is 11.4 Å². The molecule has 0 aromatic heterocycles. The van der Waals surface area contributed by atoms with E-state index < -0.39 is 0 Å². The van der Waals surface area contributed by atoms with Crippen molar-refractivity contribution < 1.29 is 0 Å². The molecule has 2 aliphatic rings. The van der Waals surface area contributed by atoms with Gasteiger partial charge in [0.15, 0.2) is 0 Å². The van der Waals surface area contributed by atoms with Crippen molar-refractivity contribution in [1.29, 1.82) is 0 Å². The maximum Gasteiger partial charge on any atom is 0.0617 e. The molecule has 0 atom stereocenters. The third-order valence-corrected chi connectivity index (χ3v) is 3.68. The Morgan fingerprint density at radius 2 is 2.00 bits per heavy atom. The second kappa shape index (κ2) is 3.85. The first-order valence-corrected chi connectivity index (χ1v) is 6.43. The monoisotopic (exact) mass is 236 g/mol. The molecule has 16 heavy (non-hydrogen) atoms. The van der Waals surface area contributed by atoms with Crippen LogP contribution >= 0.6 is 11.6 Å². The van der Waals surface area contributed by atoms with E-state index in [2.05, 4.69) is 4.90 Å². The molecule has 0 spiro atoms. The Morgan fingerprint density at radius 1 is 1.25 bits per heavy atom. The van der Waals surface area contributed by atoms with Crippen LogP contribution in [0.2, 0.25) is 5.02 Å². The summed E-state index contributed by atoms with van der Waals surface area (Å²) in [6.45, 7) is 1.16. The summed E-state index contributed by atoms with van der Waals surface area (Å²) in [5.74, 6) is 0.888. The largest absolute Gasteiger partial charge is 0.397 e. The van der Waals surface area contributed by atoms with E-state index in [9.17, 15) is 0 Å². The van der Waals surface area contributed by atoms with E-state index in [-0.39, 0.29) is 0 Å². The van der Waals surface area contributed by atoms with E-state index in [1.807, 2.05) is 18.2 Å². The van der Waals surface area contributed by atoms with Crippen LogP contribution < -0.4 is 10.6 Å². The fourth-order valence-corrected chi connectivity index (χ4v) is 2.34. The summed E-state index contributed by atoms with van der Waals surface area (Å²) in [6.07, 6.45) is 5.37. The molecule has 0 unspecified atom stereocenters.